The number of ether oxygens (including phenoxy) is 1. The van der Waals surface area contributed by atoms with Gasteiger partial charge in [-0.1, -0.05) is 42.5 Å². The third-order valence-electron chi connectivity index (χ3n) is 5.32. The number of carbonyl (C=O) groups is 1. The second kappa shape index (κ2) is 14.1. The number of rotatable bonds is 9. The fourth-order valence-electron chi connectivity index (χ4n) is 3.75. The molecule has 1 heterocycles. The van der Waals surface area contributed by atoms with Crippen molar-refractivity contribution in [2.45, 2.75) is 33.3 Å². The number of nitrogens with one attached hydrogen (secondary N) is 2. The van der Waals surface area contributed by atoms with Gasteiger partial charge in [0.15, 0.2) is 5.96 Å². The van der Waals surface area contributed by atoms with Gasteiger partial charge in [-0.15, -0.1) is 24.0 Å². The maximum Gasteiger partial charge on any atom is 0.221 e. The van der Waals surface area contributed by atoms with Crippen molar-refractivity contribution in [3.63, 3.8) is 0 Å². The Hall–Kier alpha value is -2.13. The first-order valence-corrected chi connectivity index (χ1v) is 11.2. The molecule has 1 unspecified atom stereocenters. The summed E-state index contributed by atoms with van der Waals surface area (Å²) >= 11 is 0. The van der Waals surface area contributed by atoms with Gasteiger partial charge < -0.3 is 20.3 Å². The topological polar surface area (TPSA) is 66.0 Å². The van der Waals surface area contributed by atoms with Gasteiger partial charge in [0.1, 0.15) is 0 Å². The molecule has 0 spiro atoms. The monoisotopic (exact) mass is 550 g/mol. The van der Waals surface area contributed by atoms with Crippen LogP contribution in [0.4, 0.5) is 5.69 Å². The molecule has 174 valence electrons. The van der Waals surface area contributed by atoms with Crippen LogP contribution in [-0.2, 0) is 22.6 Å². The molecular weight excluding hydrogens is 515 g/mol. The summed E-state index contributed by atoms with van der Waals surface area (Å²) < 4.78 is 5.95. The number of halogens is 1. The van der Waals surface area contributed by atoms with Gasteiger partial charge in [-0.05, 0) is 43.0 Å². The maximum atomic E-state index is 11.1. The molecule has 1 atom stereocenters. The summed E-state index contributed by atoms with van der Waals surface area (Å²) in [5.74, 6) is 1.47. The predicted octanol–water partition coefficient (Wildman–Crippen LogP) is 4.31. The minimum Gasteiger partial charge on any atom is -0.376 e. The van der Waals surface area contributed by atoms with Crippen LogP contribution < -0.4 is 10.6 Å². The molecule has 1 aliphatic rings. The van der Waals surface area contributed by atoms with E-state index in [1.54, 1.807) is 0 Å². The second-order valence-electron chi connectivity index (χ2n) is 7.97. The van der Waals surface area contributed by atoms with Gasteiger partial charge in [0.2, 0.25) is 5.91 Å². The van der Waals surface area contributed by atoms with Crippen LogP contribution in [0.15, 0.2) is 59.6 Å². The van der Waals surface area contributed by atoms with Crippen molar-refractivity contribution in [2.24, 2.45) is 10.9 Å². The molecule has 3 rings (SSSR count). The van der Waals surface area contributed by atoms with E-state index in [2.05, 4.69) is 34.6 Å². The number of aliphatic imine (C=N–C) groups is 1. The van der Waals surface area contributed by atoms with Crippen molar-refractivity contribution in [1.29, 1.82) is 0 Å². The third kappa shape index (κ3) is 8.78. The number of likely N-dealkylation sites (tertiary alicyclic amines) is 1. The lowest BCUT2D eigenvalue weighted by molar-refractivity contribution is -0.114. The largest absolute Gasteiger partial charge is 0.376 e. The Morgan fingerprint density at radius 1 is 1.12 bits per heavy atom. The Labute approximate surface area is 208 Å². The van der Waals surface area contributed by atoms with E-state index in [-0.39, 0.29) is 29.9 Å². The van der Waals surface area contributed by atoms with Crippen LogP contribution in [0, 0.1) is 5.92 Å². The third-order valence-corrected chi connectivity index (χ3v) is 5.32. The first kappa shape index (κ1) is 26.1. The summed E-state index contributed by atoms with van der Waals surface area (Å²) in [6.07, 6.45) is 2.00. The van der Waals surface area contributed by atoms with Gasteiger partial charge in [-0.2, -0.15) is 0 Å². The lowest BCUT2D eigenvalue weighted by atomic mass is 10.1. The molecule has 2 aromatic rings. The van der Waals surface area contributed by atoms with Crippen LogP contribution in [0.5, 0.6) is 0 Å². The Bertz CT molecular complexity index is 843. The van der Waals surface area contributed by atoms with Crippen molar-refractivity contribution < 1.29 is 9.53 Å². The predicted molar refractivity (Wildman–Crippen MR) is 142 cm³/mol. The lowest BCUT2D eigenvalue weighted by Gasteiger charge is -2.21. The van der Waals surface area contributed by atoms with E-state index in [1.165, 1.54) is 18.1 Å². The minimum atomic E-state index is -0.0537. The normalized spacial score (nSPS) is 15.9. The van der Waals surface area contributed by atoms with Crippen LogP contribution in [0.3, 0.4) is 0 Å². The van der Waals surface area contributed by atoms with Crippen LogP contribution in [0.2, 0.25) is 0 Å². The molecule has 0 saturated carbocycles. The zero-order valence-corrected chi connectivity index (χ0v) is 21.4. The number of benzene rings is 2. The average molecular weight is 550 g/mol. The highest BCUT2D eigenvalue weighted by Crippen LogP contribution is 2.17. The van der Waals surface area contributed by atoms with Crippen LogP contribution in [-0.4, -0.2) is 49.6 Å². The molecular formula is C25H35IN4O2. The summed E-state index contributed by atoms with van der Waals surface area (Å²) in [7, 11) is 0. The SMILES string of the molecule is CCNC(=NCCc1ccc(NC(C)=O)cc1)N1CCC(COCc2ccccc2)C1.I. The van der Waals surface area contributed by atoms with Crippen molar-refractivity contribution >= 4 is 41.5 Å². The van der Waals surface area contributed by atoms with Crippen molar-refractivity contribution in [3.05, 3.63) is 65.7 Å². The number of guanidine groups is 1. The Kier molecular flexibility index (Phi) is 11.5. The molecule has 0 aromatic heterocycles. The van der Waals surface area contributed by atoms with Gasteiger partial charge >= 0.3 is 0 Å². The second-order valence-corrected chi connectivity index (χ2v) is 7.97. The smallest absolute Gasteiger partial charge is 0.221 e. The van der Waals surface area contributed by atoms with Crippen LogP contribution in [0.25, 0.3) is 0 Å². The molecule has 1 saturated heterocycles. The lowest BCUT2D eigenvalue weighted by Crippen LogP contribution is -2.40. The van der Waals surface area contributed by atoms with Crippen molar-refractivity contribution in [2.75, 3.05) is 38.1 Å². The van der Waals surface area contributed by atoms with Crippen molar-refractivity contribution in [1.82, 2.24) is 10.2 Å². The zero-order chi connectivity index (χ0) is 21.9. The molecule has 1 fully saturated rings. The maximum absolute atomic E-state index is 11.1. The van der Waals surface area contributed by atoms with Gasteiger partial charge in [0.25, 0.3) is 0 Å². The fourth-order valence-corrected chi connectivity index (χ4v) is 3.75. The number of carbonyl (C=O) groups excluding carboxylic acids is 1. The molecule has 1 aliphatic heterocycles. The highest BCUT2D eigenvalue weighted by molar-refractivity contribution is 14.0. The summed E-state index contributed by atoms with van der Waals surface area (Å²) in [5.41, 5.74) is 3.25. The Morgan fingerprint density at radius 3 is 2.56 bits per heavy atom. The summed E-state index contributed by atoms with van der Waals surface area (Å²) in [4.78, 5) is 18.3. The molecule has 32 heavy (non-hydrogen) atoms. The van der Waals surface area contributed by atoms with Gasteiger partial charge in [-0.3, -0.25) is 9.79 Å². The number of anilines is 1. The highest BCUT2D eigenvalue weighted by atomic mass is 127. The number of nitrogens with zero attached hydrogens (tertiary/aromatic N) is 2. The first-order chi connectivity index (χ1) is 15.1. The van der Waals surface area contributed by atoms with Gasteiger partial charge in [0.05, 0.1) is 13.2 Å². The molecule has 6 nitrogen and oxygen atoms in total. The van der Waals surface area contributed by atoms with E-state index in [0.29, 0.717) is 12.5 Å². The van der Waals surface area contributed by atoms with E-state index in [9.17, 15) is 4.79 Å². The molecule has 1 amide bonds. The van der Waals surface area contributed by atoms with Gasteiger partial charge in [-0.25, -0.2) is 0 Å². The number of hydrogen-bond donors (Lipinski definition) is 2. The molecule has 0 bridgehead atoms. The molecule has 0 aliphatic carbocycles. The summed E-state index contributed by atoms with van der Waals surface area (Å²) in [6.45, 7) is 8.65. The van der Waals surface area contributed by atoms with Gasteiger partial charge in [0, 0.05) is 44.7 Å². The van der Waals surface area contributed by atoms with E-state index in [1.807, 2.05) is 42.5 Å². The minimum absolute atomic E-state index is 0. The molecule has 0 radical (unpaired) electrons. The van der Waals surface area contributed by atoms with E-state index >= 15 is 0 Å². The standard InChI is InChI=1S/C25H34N4O2.HI/c1-3-26-25(27-15-13-21-9-11-24(12-10-21)28-20(2)30)29-16-14-23(17-29)19-31-18-22-7-5-4-6-8-22;/h4-12,23H,3,13-19H2,1-2H3,(H,26,27)(H,28,30);1H. The van der Waals surface area contributed by atoms with Crippen LogP contribution in [0.1, 0.15) is 31.4 Å². The first-order valence-electron chi connectivity index (χ1n) is 11.2. The molecule has 7 heteroatoms. The fraction of sp³-hybridized carbons (Fsp3) is 0.440. The average Bonchev–Trinajstić information content (AvgIpc) is 3.23. The quantitative estimate of drug-likeness (QED) is 0.278. The highest BCUT2D eigenvalue weighted by Gasteiger charge is 2.24. The van der Waals surface area contributed by atoms with Crippen LogP contribution >= 0.6 is 24.0 Å². The summed E-state index contributed by atoms with van der Waals surface area (Å²) in [5, 5.41) is 6.23. The molecule has 2 N–H and O–H groups in total. The Balaban J connectivity index is 0.00000363. The summed E-state index contributed by atoms with van der Waals surface area (Å²) in [6, 6.07) is 18.3. The molecule has 2 aromatic carbocycles. The van der Waals surface area contributed by atoms with E-state index in [4.69, 9.17) is 9.73 Å². The van der Waals surface area contributed by atoms with Crippen molar-refractivity contribution in [3.8, 4) is 0 Å². The number of hydrogen-bond acceptors (Lipinski definition) is 3. The zero-order valence-electron chi connectivity index (χ0n) is 19.0. The Morgan fingerprint density at radius 2 is 1.88 bits per heavy atom. The number of amides is 1. The van der Waals surface area contributed by atoms with E-state index in [0.717, 1.165) is 57.3 Å². The van der Waals surface area contributed by atoms with E-state index < -0.39 is 0 Å².